The summed E-state index contributed by atoms with van der Waals surface area (Å²) in [6.07, 6.45) is -0.846. The van der Waals surface area contributed by atoms with E-state index < -0.39 is 35.7 Å². The summed E-state index contributed by atoms with van der Waals surface area (Å²) in [5.74, 6) is -0.479. The Kier molecular flexibility index (Phi) is 4.41. The Hall–Kier alpha value is -1.45. The van der Waals surface area contributed by atoms with Crippen molar-refractivity contribution in [2.75, 3.05) is 6.61 Å². The summed E-state index contributed by atoms with van der Waals surface area (Å²) in [6, 6.07) is 0. The minimum Gasteiger partial charge on any atom is -0.463 e. The Morgan fingerprint density at radius 1 is 1.65 bits per heavy atom. The van der Waals surface area contributed by atoms with Gasteiger partial charge >= 0.3 is 11.7 Å². The number of aromatic amines is 1. The lowest BCUT2D eigenvalue weighted by atomic mass is 10.2. The monoisotopic (exact) mass is 348 g/mol. The van der Waals surface area contributed by atoms with Crippen molar-refractivity contribution in [3.63, 3.8) is 0 Å². The minimum atomic E-state index is -0.864. The van der Waals surface area contributed by atoms with Crippen LogP contribution >= 0.6 is 15.9 Å². The molecule has 1 aromatic heterocycles. The van der Waals surface area contributed by atoms with E-state index in [9.17, 15) is 19.5 Å². The predicted octanol–water partition coefficient (Wildman–Crippen LogP) is -0.489. The maximum absolute atomic E-state index is 11.7. The van der Waals surface area contributed by atoms with Gasteiger partial charge in [-0.2, -0.15) is 0 Å². The Morgan fingerprint density at radius 3 is 3.00 bits per heavy atom. The third-order valence-electron chi connectivity index (χ3n) is 2.89. The third kappa shape index (κ3) is 3.17. The van der Waals surface area contributed by atoms with Crippen LogP contribution in [0.2, 0.25) is 0 Å². The molecule has 0 spiro atoms. The van der Waals surface area contributed by atoms with Crippen LogP contribution in [0.3, 0.4) is 0 Å². The number of ether oxygens (including phenoxy) is 2. The Bertz CT molecular complexity index is 624. The second kappa shape index (κ2) is 5.90. The van der Waals surface area contributed by atoms with E-state index in [0.717, 1.165) is 0 Å². The van der Waals surface area contributed by atoms with Gasteiger partial charge in [-0.3, -0.25) is 19.1 Å². The Labute approximate surface area is 121 Å². The lowest BCUT2D eigenvalue weighted by Crippen LogP contribution is -2.32. The van der Waals surface area contributed by atoms with Crippen molar-refractivity contribution in [2.24, 2.45) is 0 Å². The van der Waals surface area contributed by atoms with E-state index in [1.54, 1.807) is 0 Å². The second-order valence-electron chi connectivity index (χ2n) is 4.38. The summed E-state index contributed by atoms with van der Waals surface area (Å²) in [5.41, 5.74) is -1.18. The summed E-state index contributed by atoms with van der Waals surface area (Å²) >= 11 is 3.02. The molecule has 0 aliphatic carbocycles. The molecule has 1 fully saturated rings. The van der Waals surface area contributed by atoms with E-state index >= 15 is 0 Å². The highest BCUT2D eigenvalue weighted by atomic mass is 79.9. The van der Waals surface area contributed by atoms with Gasteiger partial charge in [0.05, 0.1) is 10.6 Å². The van der Waals surface area contributed by atoms with Gasteiger partial charge < -0.3 is 14.6 Å². The molecule has 8 nitrogen and oxygen atoms in total. The van der Waals surface area contributed by atoms with Gasteiger partial charge in [0.25, 0.3) is 5.56 Å². The van der Waals surface area contributed by atoms with Crippen LogP contribution in [0.5, 0.6) is 0 Å². The molecule has 1 aliphatic rings. The number of carbonyl (C=O) groups excluding carboxylic acids is 1. The topological polar surface area (TPSA) is 111 Å². The number of aliphatic hydroxyl groups excluding tert-OH is 1. The normalized spacial score (nSPS) is 25.6. The molecule has 2 rings (SSSR count). The number of halogens is 1. The van der Waals surface area contributed by atoms with Crippen molar-refractivity contribution < 1.29 is 19.4 Å². The first-order chi connectivity index (χ1) is 9.38. The highest BCUT2D eigenvalue weighted by molar-refractivity contribution is 9.10. The zero-order valence-electron chi connectivity index (χ0n) is 10.5. The number of aromatic nitrogens is 2. The summed E-state index contributed by atoms with van der Waals surface area (Å²) in [5, 5.41) is 9.83. The molecular weight excluding hydrogens is 336 g/mol. The fourth-order valence-corrected chi connectivity index (χ4v) is 2.23. The van der Waals surface area contributed by atoms with Crippen molar-refractivity contribution in [1.82, 2.24) is 9.55 Å². The average molecular weight is 349 g/mol. The zero-order chi connectivity index (χ0) is 14.9. The second-order valence-corrected chi connectivity index (χ2v) is 5.23. The largest absolute Gasteiger partial charge is 0.463 e. The first kappa shape index (κ1) is 14.9. The molecule has 0 radical (unpaired) electrons. The van der Waals surface area contributed by atoms with Gasteiger partial charge in [0.1, 0.15) is 18.9 Å². The quantitative estimate of drug-likeness (QED) is 0.713. The third-order valence-corrected chi connectivity index (χ3v) is 3.45. The van der Waals surface area contributed by atoms with Crippen LogP contribution in [-0.2, 0) is 14.3 Å². The molecule has 110 valence electrons. The summed E-state index contributed by atoms with van der Waals surface area (Å²) in [7, 11) is 0. The summed E-state index contributed by atoms with van der Waals surface area (Å²) < 4.78 is 11.6. The average Bonchev–Trinajstić information content (AvgIpc) is 2.72. The van der Waals surface area contributed by atoms with Crippen molar-refractivity contribution in [1.29, 1.82) is 0 Å². The van der Waals surface area contributed by atoms with Crippen LogP contribution in [0.15, 0.2) is 20.3 Å². The first-order valence-corrected chi connectivity index (χ1v) is 6.65. The maximum atomic E-state index is 11.7. The van der Waals surface area contributed by atoms with Crippen LogP contribution in [0.25, 0.3) is 0 Å². The van der Waals surface area contributed by atoms with Crippen molar-refractivity contribution in [3.05, 3.63) is 31.5 Å². The van der Waals surface area contributed by atoms with Crippen LogP contribution in [0.4, 0.5) is 0 Å². The minimum absolute atomic E-state index is 0.0910. The molecule has 0 amide bonds. The molecule has 2 heterocycles. The first-order valence-electron chi connectivity index (χ1n) is 5.86. The molecule has 1 aliphatic heterocycles. The van der Waals surface area contributed by atoms with Crippen LogP contribution < -0.4 is 11.2 Å². The number of H-pyrrole nitrogens is 1. The van der Waals surface area contributed by atoms with Crippen molar-refractivity contribution >= 4 is 21.9 Å². The Morgan fingerprint density at radius 2 is 2.35 bits per heavy atom. The lowest BCUT2D eigenvalue weighted by Gasteiger charge is -2.15. The van der Waals surface area contributed by atoms with Gasteiger partial charge in [0, 0.05) is 19.5 Å². The van der Waals surface area contributed by atoms with Gasteiger partial charge in [-0.25, -0.2) is 4.79 Å². The van der Waals surface area contributed by atoms with Gasteiger partial charge in [-0.1, -0.05) is 0 Å². The number of nitrogens with one attached hydrogen (secondary N) is 1. The van der Waals surface area contributed by atoms with Gasteiger partial charge in [0.15, 0.2) is 0 Å². The number of rotatable bonds is 3. The molecule has 1 saturated heterocycles. The van der Waals surface area contributed by atoms with Crippen molar-refractivity contribution in [2.45, 2.75) is 31.8 Å². The number of hydrogen-bond acceptors (Lipinski definition) is 6. The predicted molar refractivity (Wildman–Crippen MR) is 70.2 cm³/mol. The molecular formula is C11H13BrN2O6. The van der Waals surface area contributed by atoms with E-state index in [1.165, 1.54) is 17.7 Å². The fourth-order valence-electron chi connectivity index (χ4n) is 1.91. The zero-order valence-corrected chi connectivity index (χ0v) is 12.1. The van der Waals surface area contributed by atoms with Crippen LogP contribution in [0, 0.1) is 0 Å². The number of hydrogen-bond donors (Lipinski definition) is 2. The molecule has 20 heavy (non-hydrogen) atoms. The van der Waals surface area contributed by atoms with Gasteiger partial charge in [-0.05, 0) is 15.9 Å². The maximum Gasteiger partial charge on any atom is 0.330 e. The Balaban J connectivity index is 2.16. The number of nitrogens with zero attached hydrogens (tertiary/aromatic N) is 1. The van der Waals surface area contributed by atoms with Crippen molar-refractivity contribution in [3.8, 4) is 0 Å². The highest BCUT2D eigenvalue weighted by Crippen LogP contribution is 2.28. The standard InChI is InChI=1S/C11H13BrN2O6/c1-5(15)19-4-8-7(16)2-9(20-8)14-3-6(12)10(17)13-11(14)18/h3,7-9,16H,2,4H2,1H3,(H,13,17,18)/t7-,8-,9?/m1/s1. The molecule has 9 heteroatoms. The molecule has 1 unspecified atom stereocenters. The molecule has 2 N–H and O–H groups in total. The molecule has 0 bridgehead atoms. The van der Waals surface area contributed by atoms with E-state index in [2.05, 4.69) is 20.9 Å². The van der Waals surface area contributed by atoms with E-state index in [-0.39, 0.29) is 17.5 Å². The van der Waals surface area contributed by atoms with E-state index in [0.29, 0.717) is 0 Å². The van der Waals surface area contributed by atoms with E-state index in [4.69, 9.17) is 9.47 Å². The SMILES string of the molecule is CC(=O)OC[C@H]1OC(n2cc(Br)c(=O)[nH]c2=O)C[C@H]1O. The molecule has 0 aromatic carbocycles. The smallest absolute Gasteiger partial charge is 0.330 e. The fraction of sp³-hybridized carbons (Fsp3) is 0.545. The van der Waals surface area contributed by atoms with Gasteiger partial charge in [-0.15, -0.1) is 0 Å². The lowest BCUT2D eigenvalue weighted by molar-refractivity contribution is -0.147. The molecule has 1 aromatic rings. The van der Waals surface area contributed by atoms with Crippen LogP contribution in [0.1, 0.15) is 19.6 Å². The number of esters is 1. The highest BCUT2D eigenvalue weighted by Gasteiger charge is 2.36. The van der Waals surface area contributed by atoms with Crippen LogP contribution in [-0.4, -0.2) is 39.4 Å². The van der Waals surface area contributed by atoms with Gasteiger partial charge in [0.2, 0.25) is 0 Å². The van der Waals surface area contributed by atoms with E-state index in [1.807, 2.05) is 0 Å². The molecule has 3 atom stereocenters. The summed E-state index contributed by atoms with van der Waals surface area (Å²) in [6.45, 7) is 1.16. The number of aliphatic hydroxyl groups is 1. The molecule has 0 saturated carbocycles. The summed E-state index contributed by atoms with van der Waals surface area (Å²) in [4.78, 5) is 35.8. The number of carbonyl (C=O) groups is 1.